The smallest absolute Gasteiger partial charge is 0.257 e. The first-order chi connectivity index (χ1) is 15.4. The second-order valence-electron chi connectivity index (χ2n) is 7.65. The van der Waals surface area contributed by atoms with E-state index in [0.717, 1.165) is 37.0 Å². The number of carbonyl (C=O) groups is 1. The molecule has 0 aliphatic carbocycles. The number of ether oxygens (including phenoxy) is 1. The minimum atomic E-state index is -3.74. The lowest BCUT2D eigenvalue weighted by Crippen LogP contribution is -2.32. The summed E-state index contributed by atoms with van der Waals surface area (Å²) in [6, 6.07) is 12.1. The van der Waals surface area contributed by atoms with E-state index in [-0.39, 0.29) is 22.9 Å². The topological polar surface area (TPSA) is 75.7 Å². The molecule has 0 atom stereocenters. The van der Waals surface area contributed by atoms with Crippen LogP contribution in [0.1, 0.15) is 41.6 Å². The van der Waals surface area contributed by atoms with Gasteiger partial charge in [-0.25, -0.2) is 13.1 Å². The van der Waals surface area contributed by atoms with E-state index in [2.05, 4.69) is 4.72 Å². The van der Waals surface area contributed by atoms with Crippen LogP contribution in [0.5, 0.6) is 5.75 Å². The molecule has 6 nitrogen and oxygen atoms in total. The number of nitrogens with zero attached hydrogens (tertiary/aromatic N) is 1. The van der Waals surface area contributed by atoms with E-state index in [1.807, 2.05) is 24.3 Å². The van der Waals surface area contributed by atoms with E-state index >= 15 is 0 Å². The summed E-state index contributed by atoms with van der Waals surface area (Å²) in [6.45, 7) is 1.65. The van der Waals surface area contributed by atoms with E-state index in [4.69, 9.17) is 16.3 Å². The van der Waals surface area contributed by atoms with Gasteiger partial charge in [0.2, 0.25) is 10.0 Å². The van der Waals surface area contributed by atoms with E-state index in [1.165, 1.54) is 19.2 Å². The molecule has 1 aliphatic heterocycles. The Morgan fingerprint density at radius 2 is 1.88 bits per heavy atom. The Morgan fingerprint density at radius 3 is 2.56 bits per heavy atom. The van der Waals surface area contributed by atoms with Crippen LogP contribution < -0.4 is 9.46 Å². The Labute approximate surface area is 199 Å². The maximum atomic E-state index is 13.1. The zero-order valence-corrected chi connectivity index (χ0v) is 20.6. The van der Waals surface area contributed by atoms with Crippen LogP contribution in [0.25, 0.3) is 0 Å². The van der Waals surface area contributed by atoms with E-state index in [9.17, 15) is 13.2 Å². The van der Waals surface area contributed by atoms with Gasteiger partial charge in [0.15, 0.2) is 0 Å². The predicted molar refractivity (Wildman–Crippen MR) is 130 cm³/mol. The van der Waals surface area contributed by atoms with Gasteiger partial charge in [0.05, 0.1) is 17.6 Å². The van der Waals surface area contributed by atoms with Gasteiger partial charge in [0, 0.05) is 36.2 Å². The number of nitrogens with one attached hydrogen (secondary N) is 1. The fraction of sp³-hybridized carbons (Fsp3) is 0.435. The van der Waals surface area contributed by atoms with Crippen molar-refractivity contribution in [2.75, 3.05) is 32.5 Å². The number of hydrogen-bond donors (Lipinski definition) is 1. The van der Waals surface area contributed by atoms with Gasteiger partial charge >= 0.3 is 0 Å². The standard InChI is InChI=1S/C23H29ClN2O4S2/c1-30-22-10-9-20(16-21(22)23(27)26-12-4-2-3-5-13-26)32(28,29)25-11-14-31-17-18-7-6-8-19(24)15-18/h6-10,15-16,25H,2-5,11-14,17H2,1H3. The molecule has 3 rings (SSSR count). The molecule has 0 saturated carbocycles. The van der Waals surface area contributed by atoms with Gasteiger partial charge < -0.3 is 9.64 Å². The number of hydrogen-bond acceptors (Lipinski definition) is 5. The van der Waals surface area contributed by atoms with Gasteiger partial charge in [-0.2, -0.15) is 11.8 Å². The molecular weight excluding hydrogens is 468 g/mol. The van der Waals surface area contributed by atoms with Crippen molar-refractivity contribution < 1.29 is 17.9 Å². The van der Waals surface area contributed by atoms with Crippen molar-refractivity contribution in [3.05, 3.63) is 58.6 Å². The molecule has 0 radical (unpaired) electrons. The van der Waals surface area contributed by atoms with Gasteiger partial charge in [-0.15, -0.1) is 0 Å². The van der Waals surface area contributed by atoms with Crippen LogP contribution in [0.15, 0.2) is 47.4 Å². The first kappa shape index (κ1) is 24.9. The van der Waals surface area contributed by atoms with Crippen molar-refractivity contribution in [2.45, 2.75) is 36.3 Å². The van der Waals surface area contributed by atoms with Crippen LogP contribution in [0.4, 0.5) is 0 Å². The third-order valence-electron chi connectivity index (χ3n) is 5.30. The Morgan fingerprint density at radius 1 is 1.12 bits per heavy atom. The zero-order chi connectivity index (χ0) is 23.0. The molecule has 0 spiro atoms. The molecule has 2 aromatic rings. The summed E-state index contributed by atoms with van der Waals surface area (Å²) in [5.41, 5.74) is 1.38. The first-order valence-electron chi connectivity index (χ1n) is 10.7. The van der Waals surface area contributed by atoms with Crippen molar-refractivity contribution in [2.24, 2.45) is 0 Å². The summed E-state index contributed by atoms with van der Waals surface area (Å²) in [7, 11) is -2.26. The Kier molecular flexibility index (Phi) is 9.28. The number of rotatable bonds is 9. The Hall–Kier alpha value is -1.74. The number of halogens is 1. The fourth-order valence-electron chi connectivity index (χ4n) is 3.61. The monoisotopic (exact) mass is 496 g/mol. The summed E-state index contributed by atoms with van der Waals surface area (Å²) in [6.07, 6.45) is 4.13. The second-order valence-corrected chi connectivity index (χ2v) is 11.0. The molecular formula is C23H29ClN2O4S2. The van der Waals surface area contributed by atoms with Gasteiger partial charge in [0.1, 0.15) is 5.75 Å². The number of methoxy groups -OCH3 is 1. The number of amides is 1. The van der Waals surface area contributed by atoms with Crippen LogP contribution >= 0.6 is 23.4 Å². The molecule has 1 saturated heterocycles. The SMILES string of the molecule is COc1ccc(S(=O)(=O)NCCSCc2cccc(Cl)c2)cc1C(=O)N1CCCCCC1. The summed E-state index contributed by atoms with van der Waals surface area (Å²) in [5, 5.41) is 0.689. The average Bonchev–Trinajstić information content (AvgIpc) is 3.07. The summed E-state index contributed by atoms with van der Waals surface area (Å²) >= 11 is 7.61. The van der Waals surface area contributed by atoms with E-state index in [0.29, 0.717) is 29.6 Å². The number of thioether (sulfide) groups is 1. The average molecular weight is 497 g/mol. The highest BCUT2D eigenvalue weighted by atomic mass is 35.5. The summed E-state index contributed by atoms with van der Waals surface area (Å²) in [5.74, 6) is 1.56. The molecule has 1 amide bonds. The molecule has 0 unspecified atom stereocenters. The molecule has 1 N–H and O–H groups in total. The fourth-order valence-corrected chi connectivity index (χ4v) is 5.82. The van der Waals surface area contributed by atoms with E-state index < -0.39 is 10.0 Å². The van der Waals surface area contributed by atoms with Gasteiger partial charge in [-0.1, -0.05) is 36.6 Å². The largest absolute Gasteiger partial charge is 0.496 e. The van der Waals surface area contributed by atoms with Gasteiger partial charge in [-0.05, 0) is 48.7 Å². The number of likely N-dealkylation sites (tertiary alicyclic amines) is 1. The van der Waals surface area contributed by atoms with Crippen molar-refractivity contribution in [1.82, 2.24) is 9.62 Å². The zero-order valence-electron chi connectivity index (χ0n) is 18.2. The highest BCUT2D eigenvalue weighted by Crippen LogP contribution is 2.25. The second kappa shape index (κ2) is 11.9. The Balaban J connectivity index is 1.62. The van der Waals surface area contributed by atoms with Crippen LogP contribution in [0.2, 0.25) is 5.02 Å². The lowest BCUT2D eigenvalue weighted by molar-refractivity contribution is 0.0758. The van der Waals surface area contributed by atoms with Crippen LogP contribution in [-0.2, 0) is 15.8 Å². The normalized spacial score (nSPS) is 14.8. The quantitative estimate of drug-likeness (QED) is 0.514. The third-order valence-corrected chi connectivity index (χ3v) is 8.03. The van der Waals surface area contributed by atoms with Gasteiger partial charge in [-0.3, -0.25) is 4.79 Å². The highest BCUT2D eigenvalue weighted by molar-refractivity contribution is 7.98. The van der Waals surface area contributed by atoms with Gasteiger partial charge in [0.25, 0.3) is 5.91 Å². The minimum absolute atomic E-state index is 0.0660. The molecule has 9 heteroatoms. The lowest BCUT2D eigenvalue weighted by atomic mass is 10.1. The maximum Gasteiger partial charge on any atom is 0.257 e. The molecule has 1 fully saturated rings. The molecule has 32 heavy (non-hydrogen) atoms. The van der Waals surface area contributed by atoms with Crippen molar-refractivity contribution in [1.29, 1.82) is 0 Å². The minimum Gasteiger partial charge on any atom is -0.496 e. The number of benzene rings is 2. The molecule has 1 aliphatic rings. The number of carbonyl (C=O) groups excluding carboxylic acids is 1. The van der Waals surface area contributed by atoms with E-state index in [1.54, 1.807) is 22.7 Å². The highest BCUT2D eigenvalue weighted by Gasteiger charge is 2.24. The number of sulfonamides is 1. The van der Waals surface area contributed by atoms with Crippen molar-refractivity contribution in [3.8, 4) is 5.75 Å². The van der Waals surface area contributed by atoms with Crippen LogP contribution in [0.3, 0.4) is 0 Å². The molecule has 0 aromatic heterocycles. The summed E-state index contributed by atoms with van der Waals surface area (Å²) in [4.78, 5) is 14.9. The molecule has 0 bridgehead atoms. The predicted octanol–water partition coefficient (Wildman–Crippen LogP) is 4.58. The molecule has 2 aromatic carbocycles. The molecule has 1 heterocycles. The van der Waals surface area contributed by atoms with Crippen LogP contribution in [0, 0.1) is 0 Å². The first-order valence-corrected chi connectivity index (χ1v) is 13.7. The lowest BCUT2D eigenvalue weighted by Gasteiger charge is -2.22. The Bertz CT molecular complexity index is 1020. The molecule has 174 valence electrons. The third kappa shape index (κ3) is 6.88. The summed E-state index contributed by atoms with van der Waals surface area (Å²) < 4.78 is 33.6. The van der Waals surface area contributed by atoms with Crippen molar-refractivity contribution in [3.63, 3.8) is 0 Å². The van der Waals surface area contributed by atoms with Crippen LogP contribution in [-0.4, -0.2) is 51.7 Å². The maximum absolute atomic E-state index is 13.1. The van der Waals surface area contributed by atoms with Crippen molar-refractivity contribution >= 4 is 39.3 Å².